The molecular formula is C14H21. The van der Waals surface area contributed by atoms with Gasteiger partial charge < -0.3 is 0 Å². The minimum Gasteiger partial charge on any atom is -0.0648 e. The van der Waals surface area contributed by atoms with E-state index in [1.54, 1.807) is 0 Å². The summed E-state index contributed by atoms with van der Waals surface area (Å²) in [7, 11) is 0. The van der Waals surface area contributed by atoms with Crippen molar-refractivity contribution in [2.24, 2.45) is 0 Å². The maximum Gasteiger partial charge on any atom is -0.0143 e. The molecule has 0 aliphatic heterocycles. The van der Waals surface area contributed by atoms with E-state index < -0.39 is 0 Å². The molecule has 0 N–H and O–H groups in total. The molecule has 0 bridgehead atoms. The third-order valence-corrected chi connectivity index (χ3v) is 3.17. The molecule has 0 heterocycles. The Bertz CT molecular complexity index is 246. The van der Waals surface area contributed by atoms with Crippen molar-refractivity contribution in [3.05, 3.63) is 35.4 Å². The molecule has 0 spiro atoms. The van der Waals surface area contributed by atoms with Crippen LogP contribution >= 0.6 is 0 Å². The highest BCUT2D eigenvalue weighted by Gasteiger charge is 2.12. The Hall–Kier alpha value is -0.780. The lowest BCUT2D eigenvalue weighted by molar-refractivity contribution is 0.676. The minimum atomic E-state index is 0.639. The van der Waals surface area contributed by atoms with Crippen LogP contribution < -0.4 is 0 Å². The molecule has 1 aromatic rings. The fourth-order valence-electron chi connectivity index (χ4n) is 1.74. The van der Waals surface area contributed by atoms with Crippen molar-refractivity contribution in [2.75, 3.05) is 0 Å². The smallest absolute Gasteiger partial charge is 0.0143 e. The summed E-state index contributed by atoms with van der Waals surface area (Å²) >= 11 is 0. The van der Waals surface area contributed by atoms with E-state index in [-0.39, 0.29) is 0 Å². The highest BCUT2D eigenvalue weighted by Crippen LogP contribution is 2.29. The van der Waals surface area contributed by atoms with Crippen LogP contribution in [0.1, 0.15) is 63.5 Å². The largest absolute Gasteiger partial charge is 0.0648 e. The van der Waals surface area contributed by atoms with Gasteiger partial charge in [-0.15, -0.1) is 0 Å². The van der Waals surface area contributed by atoms with Crippen LogP contribution in [0.2, 0.25) is 0 Å². The first kappa shape index (κ1) is 11.3. The average molecular weight is 189 g/mol. The summed E-state index contributed by atoms with van der Waals surface area (Å²) in [4.78, 5) is 0. The second kappa shape index (κ2) is 5.19. The van der Waals surface area contributed by atoms with Gasteiger partial charge >= 0.3 is 0 Å². The molecule has 0 saturated heterocycles. The molecule has 2 unspecified atom stereocenters. The molecule has 0 aliphatic rings. The van der Waals surface area contributed by atoms with Crippen LogP contribution in [0.25, 0.3) is 0 Å². The molecule has 1 aromatic carbocycles. The highest BCUT2D eigenvalue weighted by molar-refractivity contribution is 5.31. The lowest BCUT2D eigenvalue weighted by Gasteiger charge is -2.18. The first-order valence-electron chi connectivity index (χ1n) is 5.71. The summed E-state index contributed by atoms with van der Waals surface area (Å²) in [5, 5.41) is 0. The van der Waals surface area contributed by atoms with Gasteiger partial charge in [-0.3, -0.25) is 0 Å². The normalized spacial score (nSPS) is 15.1. The Balaban J connectivity index is 3.02. The Labute approximate surface area is 88.4 Å². The van der Waals surface area contributed by atoms with Crippen LogP contribution in [0.4, 0.5) is 0 Å². The molecule has 1 radical (unpaired) electrons. The van der Waals surface area contributed by atoms with Crippen molar-refractivity contribution in [1.82, 2.24) is 0 Å². The fourth-order valence-corrected chi connectivity index (χ4v) is 1.74. The SMILES string of the molecule is CCC(C)c1[c]cccc1C(C)CC. The van der Waals surface area contributed by atoms with E-state index in [0.29, 0.717) is 11.8 Å². The zero-order chi connectivity index (χ0) is 10.6. The molecule has 77 valence electrons. The van der Waals surface area contributed by atoms with Crippen molar-refractivity contribution >= 4 is 0 Å². The lowest BCUT2D eigenvalue weighted by atomic mass is 9.87. The summed E-state index contributed by atoms with van der Waals surface area (Å²) in [6, 6.07) is 9.80. The topological polar surface area (TPSA) is 0 Å². The van der Waals surface area contributed by atoms with Crippen molar-refractivity contribution in [2.45, 2.75) is 52.4 Å². The fraction of sp³-hybridized carbons (Fsp3) is 0.571. The number of hydrogen-bond donors (Lipinski definition) is 0. The van der Waals surface area contributed by atoms with E-state index in [2.05, 4.69) is 45.9 Å². The Morgan fingerprint density at radius 1 is 1.14 bits per heavy atom. The maximum atomic E-state index is 3.40. The minimum absolute atomic E-state index is 0.639. The van der Waals surface area contributed by atoms with E-state index in [1.165, 1.54) is 24.0 Å². The van der Waals surface area contributed by atoms with Crippen LogP contribution in [0, 0.1) is 6.07 Å². The van der Waals surface area contributed by atoms with Crippen molar-refractivity contribution < 1.29 is 0 Å². The second-order valence-electron chi connectivity index (χ2n) is 4.16. The first-order valence-corrected chi connectivity index (χ1v) is 5.71. The van der Waals surface area contributed by atoms with E-state index in [0.717, 1.165) is 0 Å². The molecular weight excluding hydrogens is 168 g/mol. The van der Waals surface area contributed by atoms with Gasteiger partial charge in [0.25, 0.3) is 0 Å². The highest BCUT2D eigenvalue weighted by atomic mass is 14.2. The molecule has 0 fully saturated rings. The zero-order valence-corrected chi connectivity index (χ0v) is 9.80. The molecule has 0 saturated carbocycles. The van der Waals surface area contributed by atoms with Gasteiger partial charge in [-0.05, 0) is 41.9 Å². The van der Waals surface area contributed by atoms with E-state index >= 15 is 0 Å². The Morgan fingerprint density at radius 3 is 2.36 bits per heavy atom. The monoisotopic (exact) mass is 189 g/mol. The van der Waals surface area contributed by atoms with Gasteiger partial charge in [0.15, 0.2) is 0 Å². The van der Waals surface area contributed by atoms with Gasteiger partial charge in [0.05, 0.1) is 0 Å². The third-order valence-electron chi connectivity index (χ3n) is 3.17. The van der Waals surface area contributed by atoms with Crippen LogP contribution in [0.5, 0.6) is 0 Å². The quantitative estimate of drug-likeness (QED) is 0.653. The van der Waals surface area contributed by atoms with Crippen molar-refractivity contribution in [3.8, 4) is 0 Å². The molecule has 0 nitrogen and oxygen atoms in total. The van der Waals surface area contributed by atoms with Gasteiger partial charge in [0.2, 0.25) is 0 Å². The van der Waals surface area contributed by atoms with Gasteiger partial charge in [-0.25, -0.2) is 0 Å². The summed E-state index contributed by atoms with van der Waals surface area (Å²) < 4.78 is 0. The van der Waals surface area contributed by atoms with Crippen molar-refractivity contribution in [1.29, 1.82) is 0 Å². The third kappa shape index (κ3) is 2.37. The van der Waals surface area contributed by atoms with Crippen LogP contribution in [0.15, 0.2) is 18.2 Å². The Morgan fingerprint density at radius 2 is 1.79 bits per heavy atom. The van der Waals surface area contributed by atoms with Crippen LogP contribution in [-0.2, 0) is 0 Å². The molecule has 0 aliphatic carbocycles. The Kier molecular flexibility index (Phi) is 4.19. The van der Waals surface area contributed by atoms with Gasteiger partial charge in [0, 0.05) is 0 Å². The van der Waals surface area contributed by atoms with Gasteiger partial charge in [-0.1, -0.05) is 45.9 Å². The van der Waals surface area contributed by atoms with E-state index in [4.69, 9.17) is 0 Å². The molecule has 2 atom stereocenters. The van der Waals surface area contributed by atoms with Crippen LogP contribution in [0.3, 0.4) is 0 Å². The van der Waals surface area contributed by atoms with Gasteiger partial charge in [-0.2, -0.15) is 0 Å². The number of benzene rings is 1. The standard InChI is InChI=1S/C14H21/c1-5-11(3)13-9-7-8-10-14(13)12(4)6-2/h7-9,11-12H,5-6H2,1-4H3. The number of rotatable bonds is 4. The predicted molar refractivity (Wildman–Crippen MR) is 62.7 cm³/mol. The molecule has 0 aromatic heterocycles. The molecule has 0 heteroatoms. The second-order valence-corrected chi connectivity index (χ2v) is 4.16. The molecule has 1 rings (SSSR count). The summed E-state index contributed by atoms with van der Waals surface area (Å²) in [6.45, 7) is 9.08. The predicted octanol–water partition coefficient (Wildman–Crippen LogP) is 4.51. The average Bonchev–Trinajstić information content (AvgIpc) is 2.27. The molecule has 0 amide bonds. The summed E-state index contributed by atoms with van der Waals surface area (Å²) in [5.74, 6) is 1.30. The number of hydrogen-bond acceptors (Lipinski definition) is 0. The van der Waals surface area contributed by atoms with E-state index in [9.17, 15) is 0 Å². The summed E-state index contributed by atoms with van der Waals surface area (Å²) in [5.41, 5.74) is 2.91. The molecule has 14 heavy (non-hydrogen) atoms. The van der Waals surface area contributed by atoms with Gasteiger partial charge in [0.1, 0.15) is 0 Å². The maximum absolute atomic E-state index is 3.40. The summed E-state index contributed by atoms with van der Waals surface area (Å²) in [6.07, 6.45) is 2.41. The van der Waals surface area contributed by atoms with Crippen molar-refractivity contribution in [3.63, 3.8) is 0 Å². The first-order chi connectivity index (χ1) is 6.70. The van der Waals surface area contributed by atoms with Crippen LogP contribution in [-0.4, -0.2) is 0 Å². The zero-order valence-electron chi connectivity index (χ0n) is 9.80. The van der Waals surface area contributed by atoms with E-state index in [1.807, 2.05) is 6.07 Å². The lowest BCUT2D eigenvalue weighted by Crippen LogP contribution is -2.01.